The number of benzene rings is 1. The fraction of sp³-hybridized carbons (Fsp3) is 0.267. The summed E-state index contributed by atoms with van der Waals surface area (Å²) in [6, 6.07) is 12.0. The lowest BCUT2D eigenvalue weighted by molar-refractivity contribution is 0.0958. The zero-order valence-corrected chi connectivity index (χ0v) is 13.0. The molecule has 108 valence electrons. The fourth-order valence-electron chi connectivity index (χ4n) is 1.88. The molecule has 5 heteroatoms. The fourth-order valence-corrected chi connectivity index (χ4v) is 2.71. The number of carbonyl (C=O) groups excluding carboxylic acids is 1. The first-order valence-electron chi connectivity index (χ1n) is 6.38. The summed E-state index contributed by atoms with van der Waals surface area (Å²) in [5.74, 6) is 0.0185. The van der Waals surface area contributed by atoms with Gasteiger partial charge in [0.25, 0.3) is 5.91 Å². The molecule has 0 bridgehead atoms. The summed E-state index contributed by atoms with van der Waals surface area (Å²) in [5, 5.41) is 7.99. The summed E-state index contributed by atoms with van der Waals surface area (Å²) >= 11 is 1.49. The Bertz CT molecular complexity index is 528. The highest BCUT2D eigenvalue weighted by atomic mass is 35.5. The minimum atomic E-state index is 0. The number of hydrogen-bond acceptors (Lipinski definition) is 3. The van der Waals surface area contributed by atoms with E-state index in [1.165, 1.54) is 11.3 Å². The van der Waals surface area contributed by atoms with Crippen LogP contribution in [0.1, 0.15) is 16.1 Å². The van der Waals surface area contributed by atoms with Gasteiger partial charge in [0.2, 0.25) is 0 Å². The van der Waals surface area contributed by atoms with Crippen molar-refractivity contribution < 1.29 is 4.79 Å². The van der Waals surface area contributed by atoms with Crippen molar-refractivity contribution >= 4 is 29.7 Å². The molecule has 0 atom stereocenters. The van der Waals surface area contributed by atoms with E-state index in [-0.39, 0.29) is 18.3 Å². The molecule has 0 aliphatic heterocycles. The van der Waals surface area contributed by atoms with Crippen molar-refractivity contribution in [3.8, 4) is 11.1 Å². The molecule has 0 saturated heterocycles. The van der Waals surface area contributed by atoms with Crippen LogP contribution in [0.3, 0.4) is 0 Å². The Morgan fingerprint density at radius 3 is 2.60 bits per heavy atom. The van der Waals surface area contributed by atoms with Gasteiger partial charge in [-0.25, -0.2) is 0 Å². The first-order valence-corrected chi connectivity index (χ1v) is 7.26. The standard InChI is InChI=1S/C15H18N2OS.ClH/c1-16-9-5-10-17-15(18)14-13(8-11-19-14)12-6-3-2-4-7-12;/h2-4,6-8,11,16H,5,9-10H2,1H3,(H,17,18);1H. The topological polar surface area (TPSA) is 41.1 Å². The quantitative estimate of drug-likeness (QED) is 0.805. The van der Waals surface area contributed by atoms with E-state index in [0.29, 0.717) is 6.54 Å². The largest absolute Gasteiger partial charge is 0.351 e. The molecule has 0 fully saturated rings. The molecular formula is C15H19ClN2OS. The second-order valence-corrected chi connectivity index (χ2v) is 5.16. The number of hydrogen-bond donors (Lipinski definition) is 2. The molecule has 20 heavy (non-hydrogen) atoms. The van der Waals surface area contributed by atoms with Gasteiger partial charge in [-0.1, -0.05) is 30.3 Å². The molecule has 0 unspecified atom stereocenters. The molecular weight excluding hydrogens is 292 g/mol. The molecule has 0 aliphatic carbocycles. The van der Waals surface area contributed by atoms with Gasteiger partial charge in [0, 0.05) is 12.1 Å². The van der Waals surface area contributed by atoms with Crippen molar-refractivity contribution in [1.29, 1.82) is 0 Å². The van der Waals surface area contributed by atoms with E-state index in [4.69, 9.17) is 0 Å². The first kappa shape index (κ1) is 16.7. The Labute approximate surface area is 129 Å². The second kappa shape index (κ2) is 8.74. The third-order valence-electron chi connectivity index (χ3n) is 2.85. The lowest BCUT2D eigenvalue weighted by Crippen LogP contribution is -2.26. The smallest absolute Gasteiger partial charge is 0.261 e. The highest BCUT2D eigenvalue weighted by Crippen LogP contribution is 2.27. The summed E-state index contributed by atoms with van der Waals surface area (Å²) in [6.45, 7) is 1.61. The number of amides is 1. The van der Waals surface area contributed by atoms with Gasteiger partial charge in [0.1, 0.15) is 0 Å². The van der Waals surface area contributed by atoms with Crippen LogP contribution < -0.4 is 10.6 Å². The van der Waals surface area contributed by atoms with Crippen molar-refractivity contribution in [3.63, 3.8) is 0 Å². The molecule has 2 aromatic rings. The molecule has 0 saturated carbocycles. The van der Waals surface area contributed by atoms with Crippen LogP contribution in [0.25, 0.3) is 11.1 Å². The molecule has 1 aromatic heterocycles. The van der Waals surface area contributed by atoms with Crippen LogP contribution in [0.4, 0.5) is 0 Å². The summed E-state index contributed by atoms with van der Waals surface area (Å²) < 4.78 is 0. The van der Waals surface area contributed by atoms with Gasteiger partial charge in [0.05, 0.1) is 4.88 Å². The van der Waals surface area contributed by atoms with E-state index in [0.717, 1.165) is 29.0 Å². The number of nitrogens with one attached hydrogen (secondary N) is 2. The monoisotopic (exact) mass is 310 g/mol. The van der Waals surface area contributed by atoms with Gasteiger partial charge in [-0.05, 0) is 37.0 Å². The number of rotatable bonds is 6. The van der Waals surface area contributed by atoms with Gasteiger partial charge < -0.3 is 10.6 Å². The minimum Gasteiger partial charge on any atom is -0.351 e. The Morgan fingerprint density at radius 2 is 1.90 bits per heavy atom. The predicted molar refractivity (Wildman–Crippen MR) is 87.9 cm³/mol. The highest BCUT2D eigenvalue weighted by Gasteiger charge is 2.13. The van der Waals surface area contributed by atoms with Crippen LogP contribution in [0.2, 0.25) is 0 Å². The molecule has 2 rings (SSSR count). The van der Waals surface area contributed by atoms with Crippen LogP contribution in [-0.2, 0) is 0 Å². The predicted octanol–water partition coefficient (Wildman–Crippen LogP) is 3.18. The third-order valence-corrected chi connectivity index (χ3v) is 3.76. The normalized spacial score (nSPS) is 9.85. The van der Waals surface area contributed by atoms with Gasteiger partial charge in [-0.15, -0.1) is 23.7 Å². The van der Waals surface area contributed by atoms with Crippen LogP contribution in [0.5, 0.6) is 0 Å². The van der Waals surface area contributed by atoms with Crippen LogP contribution in [0.15, 0.2) is 41.8 Å². The maximum absolute atomic E-state index is 12.1. The maximum Gasteiger partial charge on any atom is 0.261 e. The molecule has 1 heterocycles. The van der Waals surface area contributed by atoms with E-state index in [2.05, 4.69) is 10.6 Å². The Hall–Kier alpha value is -1.36. The Morgan fingerprint density at radius 1 is 1.15 bits per heavy atom. The van der Waals surface area contributed by atoms with Gasteiger partial charge in [-0.2, -0.15) is 0 Å². The average Bonchev–Trinajstić information content (AvgIpc) is 2.94. The maximum atomic E-state index is 12.1. The first-order chi connectivity index (χ1) is 9.33. The summed E-state index contributed by atoms with van der Waals surface area (Å²) in [6.07, 6.45) is 0.939. The Balaban J connectivity index is 0.00000200. The van der Waals surface area contributed by atoms with Crippen molar-refractivity contribution in [1.82, 2.24) is 10.6 Å². The summed E-state index contributed by atoms with van der Waals surface area (Å²) in [7, 11) is 1.91. The minimum absolute atomic E-state index is 0. The zero-order chi connectivity index (χ0) is 13.5. The molecule has 1 amide bonds. The van der Waals surface area contributed by atoms with Crippen molar-refractivity contribution in [3.05, 3.63) is 46.7 Å². The van der Waals surface area contributed by atoms with Gasteiger partial charge in [-0.3, -0.25) is 4.79 Å². The van der Waals surface area contributed by atoms with E-state index in [9.17, 15) is 4.79 Å². The zero-order valence-electron chi connectivity index (χ0n) is 11.4. The SMILES string of the molecule is CNCCCNC(=O)c1sccc1-c1ccccc1.Cl. The molecule has 2 N–H and O–H groups in total. The Kier molecular flexibility index (Phi) is 7.30. The summed E-state index contributed by atoms with van der Waals surface area (Å²) in [4.78, 5) is 12.9. The lowest BCUT2D eigenvalue weighted by Gasteiger charge is -2.06. The number of halogens is 1. The molecule has 3 nitrogen and oxygen atoms in total. The van der Waals surface area contributed by atoms with Crippen molar-refractivity contribution in [2.45, 2.75) is 6.42 Å². The van der Waals surface area contributed by atoms with Crippen LogP contribution >= 0.6 is 23.7 Å². The average molecular weight is 311 g/mol. The van der Waals surface area contributed by atoms with E-state index in [1.54, 1.807) is 0 Å². The number of carbonyl (C=O) groups is 1. The van der Waals surface area contributed by atoms with Crippen LogP contribution in [-0.4, -0.2) is 26.0 Å². The highest BCUT2D eigenvalue weighted by molar-refractivity contribution is 7.12. The van der Waals surface area contributed by atoms with Gasteiger partial charge >= 0.3 is 0 Å². The van der Waals surface area contributed by atoms with E-state index >= 15 is 0 Å². The lowest BCUT2D eigenvalue weighted by atomic mass is 10.1. The molecule has 0 aliphatic rings. The van der Waals surface area contributed by atoms with Crippen LogP contribution in [0, 0.1) is 0 Å². The van der Waals surface area contributed by atoms with E-state index < -0.39 is 0 Å². The molecule has 0 spiro atoms. The van der Waals surface area contributed by atoms with E-state index in [1.807, 2.05) is 48.8 Å². The van der Waals surface area contributed by atoms with Gasteiger partial charge in [0.15, 0.2) is 0 Å². The number of thiophene rings is 1. The molecule has 1 aromatic carbocycles. The molecule has 0 radical (unpaired) electrons. The summed E-state index contributed by atoms with van der Waals surface area (Å²) in [5.41, 5.74) is 2.10. The third kappa shape index (κ3) is 4.34. The second-order valence-electron chi connectivity index (χ2n) is 4.24. The van der Waals surface area contributed by atoms with Crippen molar-refractivity contribution in [2.24, 2.45) is 0 Å². The van der Waals surface area contributed by atoms with Crippen molar-refractivity contribution in [2.75, 3.05) is 20.1 Å².